The fourth-order valence-corrected chi connectivity index (χ4v) is 6.12. The molecule has 178 valence electrons. The van der Waals surface area contributed by atoms with Crippen molar-refractivity contribution in [3.8, 4) is 0 Å². The first kappa shape index (κ1) is 24.0. The van der Waals surface area contributed by atoms with Crippen LogP contribution in [0.15, 0.2) is 24.5 Å². The number of halogens is 5. The third-order valence-corrected chi connectivity index (χ3v) is 7.87. The lowest BCUT2D eigenvalue weighted by molar-refractivity contribution is -0.107. The number of sulfonamides is 1. The average molecular weight is 505 g/mol. The fourth-order valence-electron chi connectivity index (χ4n) is 4.31. The van der Waals surface area contributed by atoms with E-state index in [1.807, 2.05) is 6.08 Å². The molecule has 0 N–H and O–H groups in total. The Labute approximate surface area is 193 Å². The Morgan fingerprint density at radius 3 is 2.73 bits per heavy atom. The maximum Gasteiger partial charge on any atom is 0.404 e. The van der Waals surface area contributed by atoms with E-state index in [2.05, 4.69) is 15.0 Å². The molecule has 2 aromatic rings. The number of aromatic nitrogens is 3. The fraction of sp³-hybridized carbons (Fsp3) is 0.476. The molecule has 1 atom stereocenters. The van der Waals surface area contributed by atoms with Crippen LogP contribution in [0.4, 0.5) is 17.6 Å². The van der Waals surface area contributed by atoms with Crippen LogP contribution in [0.3, 0.4) is 0 Å². The Kier molecular flexibility index (Phi) is 6.75. The first-order chi connectivity index (χ1) is 15.5. The molecule has 1 aliphatic carbocycles. The zero-order chi connectivity index (χ0) is 23.8. The molecule has 1 unspecified atom stereocenters. The number of hydrogen-bond donors (Lipinski definition) is 0. The molecule has 3 heterocycles. The number of aryl methyl sites for hydroxylation is 1. The molecule has 33 heavy (non-hydrogen) atoms. The molecule has 0 bridgehead atoms. The highest BCUT2D eigenvalue weighted by Gasteiger charge is 2.41. The Morgan fingerprint density at radius 2 is 1.97 bits per heavy atom. The molecule has 1 saturated heterocycles. The van der Waals surface area contributed by atoms with Gasteiger partial charge in [0.05, 0.1) is 22.6 Å². The third kappa shape index (κ3) is 5.52. The van der Waals surface area contributed by atoms with Crippen molar-refractivity contribution in [2.75, 3.05) is 12.3 Å². The van der Waals surface area contributed by atoms with Crippen LogP contribution in [0.5, 0.6) is 0 Å². The lowest BCUT2D eigenvalue weighted by atomic mass is 9.99. The van der Waals surface area contributed by atoms with E-state index in [0.29, 0.717) is 42.1 Å². The SMILES string of the molecule is O=S(=O)(CC(F)(F)F)N1CCCCC1CCc1nc(C2=CCc3ncc(Cl)cc32)ncc1F. The summed E-state index contributed by atoms with van der Waals surface area (Å²) in [5, 5.41) is 0.446. The van der Waals surface area contributed by atoms with Gasteiger partial charge in [0.1, 0.15) is 0 Å². The summed E-state index contributed by atoms with van der Waals surface area (Å²) in [6, 6.07) is 1.10. The summed E-state index contributed by atoms with van der Waals surface area (Å²) in [6.07, 6.45) is 2.03. The maximum absolute atomic E-state index is 14.5. The molecule has 1 fully saturated rings. The van der Waals surface area contributed by atoms with Gasteiger partial charge in [-0.1, -0.05) is 24.1 Å². The number of rotatable bonds is 6. The second kappa shape index (κ2) is 9.27. The summed E-state index contributed by atoms with van der Waals surface area (Å²) in [7, 11) is -4.51. The van der Waals surface area contributed by atoms with E-state index in [1.165, 1.54) is 6.20 Å². The van der Waals surface area contributed by atoms with Gasteiger partial charge in [-0.25, -0.2) is 22.8 Å². The molecule has 4 rings (SSSR count). The van der Waals surface area contributed by atoms with E-state index in [4.69, 9.17) is 11.6 Å². The first-order valence-corrected chi connectivity index (χ1v) is 12.5. The van der Waals surface area contributed by atoms with Gasteiger partial charge in [0, 0.05) is 36.3 Å². The number of nitrogens with zero attached hydrogens (tertiary/aromatic N) is 4. The molecule has 0 aromatic carbocycles. The highest BCUT2D eigenvalue weighted by Crippen LogP contribution is 2.32. The maximum atomic E-state index is 14.5. The molecule has 1 aliphatic heterocycles. The quantitative estimate of drug-likeness (QED) is 0.547. The van der Waals surface area contributed by atoms with Gasteiger partial charge in [-0.2, -0.15) is 17.5 Å². The van der Waals surface area contributed by atoms with Crippen LogP contribution >= 0.6 is 11.6 Å². The predicted octanol–water partition coefficient (Wildman–Crippen LogP) is 4.33. The van der Waals surface area contributed by atoms with E-state index >= 15 is 0 Å². The zero-order valence-electron chi connectivity index (χ0n) is 17.4. The Morgan fingerprint density at radius 1 is 1.18 bits per heavy atom. The van der Waals surface area contributed by atoms with Gasteiger partial charge < -0.3 is 0 Å². The van der Waals surface area contributed by atoms with Gasteiger partial charge in [0.25, 0.3) is 0 Å². The number of allylic oxidation sites excluding steroid dienone is 1. The van der Waals surface area contributed by atoms with Crippen LogP contribution in [0, 0.1) is 5.82 Å². The molecular weight excluding hydrogens is 484 g/mol. The Balaban J connectivity index is 1.53. The number of hydrogen-bond acceptors (Lipinski definition) is 5. The molecule has 2 aliphatic rings. The summed E-state index contributed by atoms with van der Waals surface area (Å²) in [5.41, 5.74) is 2.32. The molecule has 0 radical (unpaired) electrons. The molecular formula is C21H21ClF4N4O2S. The van der Waals surface area contributed by atoms with Crippen molar-refractivity contribution in [3.63, 3.8) is 0 Å². The number of pyridine rings is 1. The van der Waals surface area contributed by atoms with Gasteiger partial charge in [-0.3, -0.25) is 4.98 Å². The zero-order valence-corrected chi connectivity index (χ0v) is 19.0. The van der Waals surface area contributed by atoms with Crippen molar-refractivity contribution >= 4 is 27.2 Å². The normalized spacial score (nSPS) is 19.4. The highest BCUT2D eigenvalue weighted by molar-refractivity contribution is 7.89. The van der Waals surface area contributed by atoms with Gasteiger partial charge in [0.2, 0.25) is 10.0 Å². The molecule has 2 aromatic heterocycles. The summed E-state index contributed by atoms with van der Waals surface area (Å²) in [4.78, 5) is 12.7. The van der Waals surface area contributed by atoms with Gasteiger partial charge in [-0.05, 0) is 31.7 Å². The minimum Gasteiger partial charge on any atom is -0.259 e. The van der Waals surface area contributed by atoms with E-state index in [0.717, 1.165) is 21.8 Å². The summed E-state index contributed by atoms with van der Waals surface area (Å²) in [6.45, 7) is 0.0258. The second-order valence-corrected chi connectivity index (χ2v) is 10.5. The summed E-state index contributed by atoms with van der Waals surface area (Å²) in [5.74, 6) is -2.26. The third-order valence-electron chi connectivity index (χ3n) is 5.78. The Bertz CT molecular complexity index is 1190. The molecule has 0 saturated carbocycles. The lowest BCUT2D eigenvalue weighted by Crippen LogP contribution is -2.47. The van der Waals surface area contributed by atoms with Crippen molar-refractivity contribution in [2.24, 2.45) is 0 Å². The average Bonchev–Trinajstić information content (AvgIpc) is 3.15. The van der Waals surface area contributed by atoms with E-state index in [1.54, 1.807) is 6.07 Å². The monoisotopic (exact) mass is 504 g/mol. The molecule has 6 nitrogen and oxygen atoms in total. The second-order valence-electron chi connectivity index (χ2n) is 8.13. The first-order valence-electron chi connectivity index (χ1n) is 10.5. The van der Waals surface area contributed by atoms with Crippen LogP contribution in [-0.2, 0) is 22.9 Å². The van der Waals surface area contributed by atoms with E-state index in [-0.39, 0.29) is 25.1 Å². The number of fused-ring (bicyclic) bond motifs is 1. The minimum absolute atomic E-state index is 0.0258. The van der Waals surface area contributed by atoms with Crippen LogP contribution in [0.1, 0.15) is 48.5 Å². The van der Waals surface area contributed by atoms with Gasteiger partial charge in [0.15, 0.2) is 17.4 Å². The van der Waals surface area contributed by atoms with Crippen molar-refractivity contribution in [3.05, 3.63) is 58.2 Å². The molecule has 12 heteroatoms. The van der Waals surface area contributed by atoms with Crippen molar-refractivity contribution in [1.82, 2.24) is 19.3 Å². The Hall–Kier alpha value is -2.11. The van der Waals surface area contributed by atoms with Crippen LogP contribution in [0.2, 0.25) is 5.02 Å². The smallest absolute Gasteiger partial charge is 0.259 e. The van der Waals surface area contributed by atoms with Crippen molar-refractivity contribution < 1.29 is 26.0 Å². The summed E-state index contributed by atoms with van der Waals surface area (Å²) >= 11 is 6.04. The van der Waals surface area contributed by atoms with E-state index < -0.39 is 33.8 Å². The van der Waals surface area contributed by atoms with Crippen LogP contribution in [0.25, 0.3) is 5.57 Å². The highest BCUT2D eigenvalue weighted by atomic mass is 35.5. The van der Waals surface area contributed by atoms with Crippen LogP contribution in [-0.4, -0.2) is 52.2 Å². The topological polar surface area (TPSA) is 76.1 Å². The van der Waals surface area contributed by atoms with Crippen molar-refractivity contribution in [2.45, 2.75) is 50.7 Å². The molecule has 0 spiro atoms. The van der Waals surface area contributed by atoms with E-state index in [9.17, 15) is 26.0 Å². The number of piperidine rings is 1. The standard InChI is InChI=1S/C21H21ClF4N4O2S/c22-13-9-16-15(5-7-18(16)27-10-13)20-28-11-17(23)19(29-20)6-4-14-3-1-2-8-30(14)33(31,32)12-21(24,25)26/h5,9-11,14H,1-4,6-8,12H2. The summed E-state index contributed by atoms with van der Waals surface area (Å²) < 4.78 is 78.4. The predicted molar refractivity (Wildman–Crippen MR) is 115 cm³/mol. The lowest BCUT2D eigenvalue weighted by Gasteiger charge is -2.35. The van der Waals surface area contributed by atoms with Gasteiger partial charge >= 0.3 is 6.18 Å². The minimum atomic E-state index is -4.82. The number of alkyl halides is 3. The van der Waals surface area contributed by atoms with Gasteiger partial charge in [-0.15, -0.1) is 0 Å². The van der Waals surface area contributed by atoms with Crippen LogP contribution < -0.4 is 0 Å². The largest absolute Gasteiger partial charge is 0.404 e. The molecule has 0 amide bonds. The van der Waals surface area contributed by atoms with Crippen molar-refractivity contribution in [1.29, 1.82) is 0 Å².